The molecular formula is C6H14NO3P. The van der Waals surface area contributed by atoms with Crippen LogP contribution in [0.4, 0.5) is 0 Å². The van der Waals surface area contributed by atoms with Gasteiger partial charge >= 0.3 is 0 Å². The average Bonchev–Trinajstić information content (AvgIpc) is 1.86. The molecule has 0 fully saturated rings. The van der Waals surface area contributed by atoms with Crippen LogP contribution in [0.5, 0.6) is 0 Å². The maximum atomic E-state index is 10.9. The van der Waals surface area contributed by atoms with Crippen molar-refractivity contribution in [3.8, 4) is 0 Å². The fraction of sp³-hybridized carbons (Fsp3) is 0.833. The van der Waals surface area contributed by atoms with Crippen molar-refractivity contribution in [2.75, 3.05) is 20.3 Å². The standard InChI is InChI=1S/C6H14NO3P/c1-7(2)6(8)4-3-5-11(9)10/h9-10H,3-5H2,1-2H3. The van der Waals surface area contributed by atoms with Crippen molar-refractivity contribution in [2.45, 2.75) is 12.8 Å². The van der Waals surface area contributed by atoms with Gasteiger partial charge in [0.2, 0.25) is 5.91 Å². The fourth-order valence-corrected chi connectivity index (χ4v) is 1.04. The normalized spacial score (nSPS) is 10.3. The predicted octanol–water partition coefficient (Wildman–Crippen LogP) is 0.151. The zero-order chi connectivity index (χ0) is 8.85. The minimum absolute atomic E-state index is 0.0295. The highest BCUT2D eigenvalue weighted by Gasteiger charge is 2.05. The van der Waals surface area contributed by atoms with Gasteiger partial charge in [-0.15, -0.1) is 0 Å². The second-order valence-electron chi connectivity index (χ2n) is 2.49. The highest BCUT2D eigenvalue weighted by atomic mass is 31.2. The number of amides is 1. The van der Waals surface area contributed by atoms with Crippen molar-refractivity contribution in [2.24, 2.45) is 0 Å². The summed E-state index contributed by atoms with van der Waals surface area (Å²) in [5.74, 6) is 0.0295. The molecule has 0 aliphatic rings. The molecule has 0 spiro atoms. The monoisotopic (exact) mass is 179 g/mol. The first-order valence-electron chi connectivity index (χ1n) is 3.39. The van der Waals surface area contributed by atoms with E-state index in [9.17, 15) is 4.79 Å². The van der Waals surface area contributed by atoms with E-state index in [-0.39, 0.29) is 5.91 Å². The van der Waals surface area contributed by atoms with Crippen LogP contribution >= 0.6 is 8.38 Å². The summed E-state index contributed by atoms with van der Waals surface area (Å²) in [5, 5.41) is 0. The van der Waals surface area contributed by atoms with E-state index in [1.807, 2.05) is 0 Å². The van der Waals surface area contributed by atoms with E-state index >= 15 is 0 Å². The Morgan fingerprint density at radius 2 is 2.00 bits per heavy atom. The van der Waals surface area contributed by atoms with E-state index in [1.54, 1.807) is 14.1 Å². The topological polar surface area (TPSA) is 60.8 Å². The van der Waals surface area contributed by atoms with Gasteiger partial charge < -0.3 is 14.7 Å². The van der Waals surface area contributed by atoms with Gasteiger partial charge in [0, 0.05) is 26.7 Å². The Morgan fingerprint density at radius 1 is 1.45 bits per heavy atom. The molecule has 0 aromatic heterocycles. The van der Waals surface area contributed by atoms with Crippen molar-refractivity contribution in [3.05, 3.63) is 0 Å². The van der Waals surface area contributed by atoms with Crippen LogP contribution in [0.25, 0.3) is 0 Å². The van der Waals surface area contributed by atoms with Crippen LogP contribution in [0.1, 0.15) is 12.8 Å². The molecule has 0 heterocycles. The Hall–Kier alpha value is -0.180. The first-order valence-corrected chi connectivity index (χ1v) is 4.82. The maximum absolute atomic E-state index is 10.9. The minimum Gasteiger partial charge on any atom is -0.350 e. The number of carbonyl (C=O) groups excluding carboxylic acids is 1. The zero-order valence-electron chi connectivity index (χ0n) is 6.82. The molecule has 4 nitrogen and oxygen atoms in total. The number of hydrogen-bond acceptors (Lipinski definition) is 3. The number of carbonyl (C=O) groups is 1. The molecule has 0 aromatic rings. The highest BCUT2D eigenvalue weighted by molar-refractivity contribution is 7.45. The molecule has 1 amide bonds. The molecule has 66 valence electrons. The molecule has 0 aliphatic heterocycles. The van der Waals surface area contributed by atoms with E-state index in [0.717, 1.165) is 0 Å². The van der Waals surface area contributed by atoms with E-state index in [4.69, 9.17) is 9.79 Å². The molecule has 2 N–H and O–H groups in total. The third kappa shape index (κ3) is 6.23. The van der Waals surface area contributed by atoms with E-state index in [1.165, 1.54) is 4.90 Å². The number of nitrogens with zero attached hydrogens (tertiary/aromatic N) is 1. The predicted molar refractivity (Wildman–Crippen MR) is 44.2 cm³/mol. The summed E-state index contributed by atoms with van der Waals surface area (Å²) in [6, 6.07) is 0. The van der Waals surface area contributed by atoms with Gasteiger partial charge in [-0.3, -0.25) is 4.79 Å². The molecule has 0 bridgehead atoms. The summed E-state index contributed by atoms with van der Waals surface area (Å²) < 4.78 is 0. The molecule has 0 aliphatic carbocycles. The summed E-state index contributed by atoms with van der Waals surface area (Å²) in [7, 11) is 1.55. The van der Waals surface area contributed by atoms with E-state index < -0.39 is 8.38 Å². The van der Waals surface area contributed by atoms with Crippen LogP contribution < -0.4 is 0 Å². The number of hydrogen-bond donors (Lipinski definition) is 2. The summed E-state index contributed by atoms with van der Waals surface area (Å²) in [6.07, 6.45) is 1.28. The Balaban J connectivity index is 3.32. The lowest BCUT2D eigenvalue weighted by Gasteiger charge is -2.09. The van der Waals surface area contributed by atoms with Crippen LogP contribution in [-0.2, 0) is 4.79 Å². The molecule has 5 heteroatoms. The summed E-state index contributed by atoms with van der Waals surface area (Å²) >= 11 is 0. The molecule has 11 heavy (non-hydrogen) atoms. The SMILES string of the molecule is CN(C)C(=O)CCCP(O)O. The lowest BCUT2D eigenvalue weighted by atomic mass is 10.3. The van der Waals surface area contributed by atoms with Gasteiger partial charge in [-0.2, -0.15) is 0 Å². The van der Waals surface area contributed by atoms with Gasteiger partial charge in [-0.25, -0.2) is 0 Å². The van der Waals surface area contributed by atoms with Crippen molar-refractivity contribution in [1.29, 1.82) is 0 Å². The van der Waals surface area contributed by atoms with Crippen LogP contribution in [0, 0.1) is 0 Å². The van der Waals surface area contributed by atoms with Crippen molar-refractivity contribution in [1.82, 2.24) is 4.90 Å². The summed E-state index contributed by atoms with van der Waals surface area (Å²) in [5.41, 5.74) is 0. The lowest BCUT2D eigenvalue weighted by Crippen LogP contribution is -2.21. The van der Waals surface area contributed by atoms with Crippen molar-refractivity contribution in [3.63, 3.8) is 0 Å². The van der Waals surface area contributed by atoms with Crippen LogP contribution in [0.3, 0.4) is 0 Å². The fourth-order valence-electron chi connectivity index (χ4n) is 0.595. The lowest BCUT2D eigenvalue weighted by molar-refractivity contribution is -0.128. The average molecular weight is 179 g/mol. The second-order valence-corrected chi connectivity index (χ2v) is 3.68. The smallest absolute Gasteiger partial charge is 0.222 e. The van der Waals surface area contributed by atoms with E-state index in [2.05, 4.69) is 0 Å². The molecule has 0 unspecified atom stereocenters. The highest BCUT2D eigenvalue weighted by Crippen LogP contribution is 2.23. The summed E-state index contributed by atoms with van der Waals surface area (Å²) in [6.45, 7) is 0. The van der Waals surface area contributed by atoms with Crippen LogP contribution in [-0.4, -0.2) is 40.9 Å². The number of rotatable bonds is 4. The van der Waals surface area contributed by atoms with Gasteiger partial charge in [0.1, 0.15) is 0 Å². The van der Waals surface area contributed by atoms with Crippen LogP contribution in [0.2, 0.25) is 0 Å². The maximum Gasteiger partial charge on any atom is 0.222 e. The third-order valence-electron chi connectivity index (χ3n) is 1.25. The molecule has 0 rings (SSSR count). The molecule has 0 saturated heterocycles. The van der Waals surface area contributed by atoms with Crippen molar-refractivity contribution >= 4 is 14.3 Å². The first kappa shape index (κ1) is 10.8. The third-order valence-corrected chi connectivity index (χ3v) is 1.96. The minimum atomic E-state index is -1.82. The first-order chi connectivity index (χ1) is 5.04. The Morgan fingerprint density at radius 3 is 2.36 bits per heavy atom. The van der Waals surface area contributed by atoms with Gasteiger partial charge in [-0.1, -0.05) is 0 Å². The quantitative estimate of drug-likeness (QED) is 0.604. The Bertz CT molecular complexity index is 127. The van der Waals surface area contributed by atoms with Gasteiger partial charge in [0.25, 0.3) is 0 Å². The molecule has 0 saturated carbocycles. The Kier molecular flexibility index (Phi) is 5.38. The van der Waals surface area contributed by atoms with Crippen LogP contribution in [0.15, 0.2) is 0 Å². The van der Waals surface area contributed by atoms with E-state index in [0.29, 0.717) is 19.0 Å². The molecule has 0 aromatic carbocycles. The molecular weight excluding hydrogens is 165 g/mol. The summed E-state index contributed by atoms with van der Waals surface area (Å²) in [4.78, 5) is 29.4. The molecule has 0 atom stereocenters. The van der Waals surface area contributed by atoms with Gasteiger partial charge in [-0.05, 0) is 6.42 Å². The van der Waals surface area contributed by atoms with Gasteiger partial charge in [0.15, 0.2) is 8.38 Å². The Labute approximate surface area is 67.7 Å². The largest absolute Gasteiger partial charge is 0.350 e. The second kappa shape index (κ2) is 5.47. The molecule has 0 radical (unpaired) electrons. The van der Waals surface area contributed by atoms with Crippen molar-refractivity contribution < 1.29 is 14.6 Å². The zero-order valence-corrected chi connectivity index (χ0v) is 7.71. The van der Waals surface area contributed by atoms with Gasteiger partial charge in [0.05, 0.1) is 0 Å².